The van der Waals surface area contributed by atoms with Crippen LogP contribution >= 0.6 is 11.6 Å². The van der Waals surface area contributed by atoms with Gasteiger partial charge in [0.1, 0.15) is 5.82 Å². The van der Waals surface area contributed by atoms with Gasteiger partial charge in [-0.2, -0.15) is 0 Å². The molecule has 0 unspecified atom stereocenters. The van der Waals surface area contributed by atoms with Gasteiger partial charge in [-0.05, 0) is 17.7 Å². The van der Waals surface area contributed by atoms with Crippen LogP contribution in [0.25, 0.3) is 0 Å². The molecule has 2 N–H and O–H groups in total. The third-order valence-electron chi connectivity index (χ3n) is 2.85. The number of benzene rings is 1. The molecule has 1 aromatic carbocycles. The van der Waals surface area contributed by atoms with Gasteiger partial charge in [-0.3, -0.25) is 14.6 Å². The number of carboxylic acid groups (broad SMARTS) is 2. The van der Waals surface area contributed by atoms with Crippen molar-refractivity contribution < 1.29 is 19.8 Å². The molecule has 0 amide bonds. The van der Waals surface area contributed by atoms with Crippen LogP contribution in [0.15, 0.2) is 41.7 Å². The monoisotopic (exact) mass is 333 g/mol. The summed E-state index contributed by atoms with van der Waals surface area (Å²) in [6.45, 7) is 0. The lowest BCUT2D eigenvalue weighted by molar-refractivity contribution is -0.150. The maximum Gasteiger partial charge on any atom is 0.323 e. The van der Waals surface area contributed by atoms with E-state index in [0.717, 1.165) is 11.8 Å². The zero-order chi connectivity index (χ0) is 16.8. The molecule has 1 aromatic heterocycles. The van der Waals surface area contributed by atoms with Crippen LogP contribution in [0.1, 0.15) is 11.4 Å². The fourth-order valence-corrected chi connectivity index (χ4v) is 1.94. The van der Waals surface area contributed by atoms with E-state index >= 15 is 0 Å². The van der Waals surface area contributed by atoms with Crippen LogP contribution in [0.4, 0.5) is 5.69 Å². The first-order valence-electron chi connectivity index (χ1n) is 6.51. The van der Waals surface area contributed by atoms with Crippen molar-refractivity contribution in [1.29, 1.82) is 0 Å². The van der Waals surface area contributed by atoms with Gasteiger partial charge in [0.25, 0.3) is 0 Å². The summed E-state index contributed by atoms with van der Waals surface area (Å²) in [5, 5.41) is 18.1. The van der Waals surface area contributed by atoms with Crippen molar-refractivity contribution in [2.24, 2.45) is 10.9 Å². The summed E-state index contributed by atoms with van der Waals surface area (Å²) in [5.74, 6) is -4.14. The number of carboxylic acids is 2. The summed E-state index contributed by atoms with van der Waals surface area (Å²) in [4.78, 5) is 33.5. The van der Waals surface area contributed by atoms with Crippen molar-refractivity contribution >= 4 is 35.4 Å². The van der Waals surface area contributed by atoms with Gasteiger partial charge in [0.15, 0.2) is 5.92 Å². The molecule has 8 heteroatoms. The predicted molar refractivity (Wildman–Crippen MR) is 83.2 cm³/mol. The van der Waals surface area contributed by atoms with E-state index in [1.807, 2.05) is 12.1 Å². The lowest BCUT2D eigenvalue weighted by Crippen LogP contribution is -2.24. The molecule has 0 atom stereocenters. The first-order valence-corrected chi connectivity index (χ1v) is 6.88. The van der Waals surface area contributed by atoms with E-state index in [2.05, 4.69) is 15.0 Å². The predicted octanol–water partition coefficient (Wildman–Crippen LogP) is 2.21. The molecule has 2 aromatic rings. The van der Waals surface area contributed by atoms with E-state index in [1.165, 1.54) is 12.4 Å². The van der Waals surface area contributed by atoms with E-state index in [4.69, 9.17) is 21.8 Å². The maximum atomic E-state index is 10.7. The second kappa shape index (κ2) is 7.46. The molecular weight excluding hydrogens is 322 g/mol. The second-order valence-corrected chi connectivity index (χ2v) is 5.03. The van der Waals surface area contributed by atoms with Crippen LogP contribution in [0, 0.1) is 5.92 Å². The molecule has 0 spiro atoms. The molecule has 2 rings (SSSR count). The number of aliphatic carboxylic acids is 2. The zero-order valence-corrected chi connectivity index (χ0v) is 12.5. The molecule has 0 aliphatic heterocycles. The van der Waals surface area contributed by atoms with Gasteiger partial charge in [-0.15, -0.1) is 0 Å². The summed E-state index contributed by atoms with van der Waals surface area (Å²) in [7, 11) is 0. The largest absolute Gasteiger partial charge is 0.480 e. The Hall–Kier alpha value is -2.80. The summed E-state index contributed by atoms with van der Waals surface area (Å²) < 4.78 is 0. The van der Waals surface area contributed by atoms with Crippen LogP contribution in [-0.4, -0.2) is 38.3 Å². The standard InChI is InChI=1S/C15H12ClN3O4/c16-10-3-1-2-9(4-10)5-13-18-6-11(7-19-13)17-8-12(14(20)21)15(22)23/h1-4,6-8,12H,5H2,(H,20,21)(H,22,23). The summed E-state index contributed by atoms with van der Waals surface area (Å²) in [6, 6.07) is 7.30. The topological polar surface area (TPSA) is 113 Å². The van der Waals surface area contributed by atoms with Gasteiger partial charge in [0.2, 0.25) is 0 Å². The van der Waals surface area contributed by atoms with Crippen molar-refractivity contribution in [3.05, 3.63) is 53.1 Å². The molecule has 0 bridgehead atoms. The van der Waals surface area contributed by atoms with Crippen molar-refractivity contribution in [3.63, 3.8) is 0 Å². The lowest BCUT2D eigenvalue weighted by atomic mass is 10.1. The molecule has 118 valence electrons. The molecule has 23 heavy (non-hydrogen) atoms. The molecule has 1 heterocycles. The molecule has 0 aliphatic rings. The Morgan fingerprint density at radius 2 is 1.87 bits per heavy atom. The molecular formula is C15H12ClN3O4. The Bertz CT molecular complexity index is 733. The van der Waals surface area contributed by atoms with Gasteiger partial charge < -0.3 is 10.2 Å². The first kappa shape index (κ1) is 16.6. The minimum atomic E-state index is -1.71. The lowest BCUT2D eigenvalue weighted by Gasteiger charge is -2.02. The van der Waals surface area contributed by atoms with Crippen LogP contribution < -0.4 is 0 Å². The van der Waals surface area contributed by atoms with E-state index in [1.54, 1.807) is 12.1 Å². The van der Waals surface area contributed by atoms with Gasteiger partial charge >= 0.3 is 11.9 Å². The highest BCUT2D eigenvalue weighted by atomic mass is 35.5. The Morgan fingerprint density at radius 3 is 2.43 bits per heavy atom. The third-order valence-corrected chi connectivity index (χ3v) is 3.08. The van der Waals surface area contributed by atoms with Crippen LogP contribution in [0.5, 0.6) is 0 Å². The number of aliphatic imine (C=N–C) groups is 1. The van der Waals surface area contributed by atoms with E-state index < -0.39 is 17.9 Å². The quantitative estimate of drug-likeness (QED) is 0.619. The highest BCUT2D eigenvalue weighted by molar-refractivity contribution is 6.30. The van der Waals surface area contributed by atoms with E-state index in [-0.39, 0.29) is 5.69 Å². The van der Waals surface area contributed by atoms with Crippen molar-refractivity contribution in [2.75, 3.05) is 0 Å². The fourth-order valence-electron chi connectivity index (χ4n) is 1.73. The number of aromatic nitrogens is 2. The van der Waals surface area contributed by atoms with Crippen molar-refractivity contribution in [1.82, 2.24) is 9.97 Å². The average Bonchev–Trinajstić information content (AvgIpc) is 2.48. The summed E-state index contributed by atoms with van der Waals surface area (Å²) in [6.07, 6.45) is 4.10. The first-order chi connectivity index (χ1) is 11.0. The van der Waals surface area contributed by atoms with E-state index in [0.29, 0.717) is 17.3 Å². The fraction of sp³-hybridized carbons (Fsp3) is 0.133. The van der Waals surface area contributed by atoms with Gasteiger partial charge in [0.05, 0.1) is 18.1 Å². The molecule has 0 saturated carbocycles. The SMILES string of the molecule is O=C(O)C(C=Nc1cnc(Cc2cccc(Cl)c2)nc1)C(=O)O. The number of hydrogen-bond donors (Lipinski definition) is 2. The summed E-state index contributed by atoms with van der Waals surface area (Å²) in [5.41, 5.74) is 1.22. The highest BCUT2D eigenvalue weighted by Crippen LogP contribution is 2.14. The minimum absolute atomic E-state index is 0.271. The number of hydrogen-bond acceptors (Lipinski definition) is 5. The Kier molecular flexibility index (Phi) is 5.37. The Balaban J connectivity index is 2.07. The van der Waals surface area contributed by atoms with Crippen molar-refractivity contribution in [3.8, 4) is 0 Å². The smallest absolute Gasteiger partial charge is 0.323 e. The van der Waals surface area contributed by atoms with Gasteiger partial charge in [-0.25, -0.2) is 9.97 Å². The number of carbonyl (C=O) groups is 2. The number of nitrogens with zero attached hydrogens (tertiary/aromatic N) is 3. The number of halogens is 1. The Labute approximate surface area is 136 Å². The normalized spacial score (nSPS) is 11.0. The van der Waals surface area contributed by atoms with Crippen LogP contribution in [0.3, 0.4) is 0 Å². The summed E-state index contributed by atoms with van der Waals surface area (Å²) >= 11 is 5.90. The van der Waals surface area contributed by atoms with Gasteiger partial charge in [0, 0.05) is 17.7 Å². The molecule has 0 saturated heterocycles. The highest BCUT2D eigenvalue weighted by Gasteiger charge is 2.23. The molecule has 7 nitrogen and oxygen atoms in total. The van der Waals surface area contributed by atoms with Crippen molar-refractivity contribution in [2.45, 2.75) is 6.42 Å². The maximum absolute atomic E-state index is 10.7. The Morgan fingerprint density at radius 1 is 1.22 bits per heavy atom. The molecule has 0 aliphatic carbocycles. The molecule has 0 fully saturated rings. The van der Waals surface area contributed by atoms with Crippen LogP contribution in [0.2, 0.25) is 5.02 Å². The number of rotatable bonds is 6. The van der Waals surface area contributed by atoms with E-state index in [9.17, 15) is 9.59 Å². The van der Waals surface area contributed by atoms with Gasteiger partial charge in [-0.1, -0.05) is 23.7 Å². The second-order valence-electron chi connectivity index (χ2n) is 4.60. The zero-order valence-electron chi connectivity index (χ0n) is 11.8. The molecule has 0 radical (unpaired) electrons. The minimum Gasteiger partial charge on any atom is -0.480 e. The third kappa shape index (κ3) is 4.86. The average molecular weight is 334 g/mol. The van der Waals surface area contributed by atoms with Crippen LogP contribution in [-0.2, 0) is 16.0 Å².